The lowest BCUT2D eigenvalue weighted by atomic mass is 9.85. The van der Waals surface area contributed by atoms with Gasteiger partial charge in [-0.1, -0.05) is 87.5 Å². The van der Waals surface area contributed by atoms with Crippen LogP contribution in [0.5, 0.6) is 11.5 Å². The van der Waals surface area contributed by atoms with Crippen LogP contribution < -0.4 is 9.47 Å². The molecule has 0 aliphatic rings. The average Bonchev–Trinajstić information content (AvgIpc) is 2.71. The summed E-state index contributed by atoms with van der Waals surface area (Å²) in [5.41, 5.74) is 3.37. The number of rotatable bonds is 7. The first-order valence-electron chi connectivity index (χ1n) is 9.45. The Morgan fingerprint density at radius 3 is 1.79 bits per heavy atom. The van der Waals surface area contributed by atoms with Gasteiger partial charge in [-0.05, 0) is 22.6 Å². The number of hydrogen-bond acceptors (Lipinski definition) is 3. The fourth-order valence-electron chi connectivity index (χ4n) is 3.03. The summed E-state index contributed by atoms with van der Waals surface area (Å²) in [5.74, 6) is 1.13. The molecule has 0 heterocycles. The van der Waals surface area contributed by atoms with Gasteiger partial charge in [0.25, 0.3) is 0 Å². The molecule has 3 rings (SSSR count). The second-order valence-corrected chi connectivity index (χ2v) is 7.77. The molecule has 144 valence electrons. The lowest BCUT2D eigenvalue weighted by molar-refractivity contribution is 0.111. The number of ether oxygens (including phenoxy) is 2. The van der Waals surface area contributed by atoms with E-state index in [0.717, 1.165) is 23.0 Å². The van der Waals surface area contributed by atoms with Gasteiger partial charge in [-0.25, -0.2) is 0 Å². The van der Waals surface area contributed by atoms with E-state index in [1.165, 1.54) is 0 Å². The summed E-state index contributed by atoms with van der Waals surface area (Å²) in [5, 5.41) is 0. The fourth-order valence-corrected chi connectivity index (χ4v) is 3.03. The fraction of sp³-hybridized carbons (Fsp3) is 0.240. The molecular formula is C25H26O3. The molecule has 0 saturated carbocycles. The number of aldehydes is 1. The van der Waals surface area contributed by atoms with Crippen molar-refractivity contribution in [3.05, 3.63) is 95.1 Å². The van der Waals surface area contributed by atoms with E-state index in [1.807, 2.05) is 72.8 Å². The summed E-state index contributed by atoms with van der Waals surface area (Å²) in [6, 6.07) is 23.7. The van der Waals surface area contributed by atoms with Crippen LogP contribution in [0.15, 0.2) is 72.8 Å². The molecule has 0 unspecified atom stereocenters. The first-order valence-corrected chi connectivity index (χ1v) is 9.45. The Bertz CT molecular complexity index is 910. The summed E-state index contributed by atoms with van der Waals surface area (Å²) < 4.78 is 12.1. The van der Waals surface area contributed by atoms with Crippen molar-refractivity contribution in [2.45, 2.75) is 39.4 Å². The van der Waals surface area contributed by atoms with E-state index in [2.05, 4.69) is 20.8 Å². The Morgan fingerprint density at radius 1 is 0.750 bits per heavy atom. The monoisotopic (exact) mass is 374 g/mol. The number of carbonyl (C=O) groups excluding carboxylic acids is 1. The van der Waals surface area contributed by atoms with Crippen LogP contribution in [-0.2, 0) is 18.6 Å². The van der Waals surface area contributed by atoms with Crippen molar-refractivity contribution in [2.75, 3.05) is 0 Å². The third-order valence-electron chi connectivity index (χ3n) is 4.55. The molecule has 0 atom stereocenters. The van der Waals surface area contributed by atoms with Crippen LogP contribution in [0.2, 0.25) is 0 Å². The Morgan fingerprint density at radius 2 is 1.29 bits per heavy atom. The van der Waals surface area contributed by atoms with Gasteiger partial charge in [-0.3, -0.25) is 4.79 Å². The highest BCUT2D eigenvalue weighted by Crippen LogP contribution is 2.38. The van der Waals surface area contributed by atoms with E-state index < -0.39 is 0 Å². The number of hydrogen-bond donors (Lipinski definition) is 0. The molecule has 0 radical (unpaired) electrons. The van der Waals surface area contributed by atoms with Crippen LogP contribution in [0.4, 0.5) is 0 Å². The molecule has 0 amide bonds. The van der Waals surface area contributed by atoms with Crippen molar-refractivity contribution in [1.29, 1.82) is 0 Å². The summed E-state index contributed by atoms with van der Waals surface area (Å²) in [6.07, 6.45) is 0.829. The predicted octanol–water partition coefficient (Wildman–Crippen LogP) is 5.95. The summed E-state index contributed by atoms with van der Waals surface area (Å²) >= 11 is 0. The zero-order valence-electron chi connectivity index (χ0n) is 16.6. The normalized spacial score (nSPS) is 11.1. The zero-order chi connectivity index (χ0) is 20.0. The molecule has 28 heavy (non-hydrogen) atoms. The van der Waals surface area contributed by atoms with E-state index >= 15 is 0 Å². The van der Waals surface area contributed by atoms with Crippen molar-refractivity contribution >= 4 is 6.29 Å². The maximum atomic E-state index is 12.0. The highest BCUT2D eigenvalue weighted by atomic mass is 16.5. The van der Waals surface area contributed by atoms with Crippen LogP contribution >= 0.6 is 0 Å². The van der Waals surface area contributed by atoms with Crippen LogP contribution in [0.3, 0.4) is 0 Å². The molecule has 3 aromatic rings. The Kier molecular flexibility index (Phi) is 6.15. The Hall–Kier alpha value is -3.07. The average molecular weight is 374 g/mol. The Balaban J connectivity index is 1.92. The largest absolute Gasteiger partial charge is 0.488 e. The molecule has 0 aliphatic heterocycles. The molecule has 0 N–H and O–H groups in total. The van der Waals surface area contributed by atoms with Crippen LogP contribution in [-0.4, -0.2) is 6.29 Å². The lowest BCUT2D eigenvalue weighted by Gasteiger charge is -2.25. The van der Waals surface area contributed by atoms with Crippen molar-refractivity contribution < 1.29 is 14.3 Å². The standard InChI is InChI=1S/C25H26O3/c1-25(2,3)22-14-15-23(27-17-19-10-6-4-7-11-19)21(16-26)24(22)28-18-20-12-8-5-9-13-20/h4-16H,17-18H2,1-3H3. The second-order valence-electron chi connectivity index (χ2n) is 7.77. The zero-order valence-corrected chi connectivity index (χ0v) is 16.6. The summed E-state index contributed by atoms with van der Waals surface area (Å²) in [6.45, 7) is 7.12. The van der Waals surface area contributed by atoms with Crippen LogP contribution in [0, 0.1) is 0 Å². The molecule has 0 aliphatic carbocycles. The Labute approximate surface area is 166 Å². The van der Waals surface area contributed by atoms with E-state index in [0.29, 0.717) is 30.3 Å². The van der Waals surface area contributed by atoms with Gasteiger partial charge in [-0.15, -0.1) is 0 Å². The van der Waals surface area contributed by atoms with Crippen LogP contribution in [0.1, 0.15) is 47.8 Å². The lowest BCUT2D eigenvalue weighted by Crippen LogP contribution is -2.15. The van der Waals surface area contributed by atoms with Gasteiger partial charge in [0.05, 0.1) is 5.56 Å². The molecule has 0 bridgehead atoms. The van der Waals surface area contributed by atoms with E-state index in [1.54, 1.807) is 0 Å². The predicted molar refractivity (Wildman–Crippen MR) is 112 cm³/mol. The van der Waals surface area contributed by atoms with Gasteiger partial charge in [-0.2, -0.15) is 0 Å². The minimum absolute atomic E-state index is 0.165. The molecule has 0 aromatic heterocycles. The smallest absolute Gasteiger partial charge is 0.157 e. The molecule has 0 fully saturated rings. The molecule has 0 saturated heterocycles. The summed E-state index contributed by atoms with van der Waals surface area (Å²) in [4.78, 5) is 12.0. The van der Waals surface area contributed by atoms with E-state index in [4.69, 9.17) is 9.47 Å². The van der Waals surface area contributed by atoms with Gasteiger partial charge in [0.1, 0.15) is 24.7 Å². The van der Waals surface area contributed by atoms with Crippen LogP contribution in [0.25, 0.3) is 0 Å². The van der Waals surface area contributed by atoms with Gasteiger partial charge in [0, 0.05) is 5.56 Å². The van der Waals surface area contributed by atoms with Gasteiger partial charge >= 0.3 is 0 Å². The quantitative estimate of drug-likeness (QED) is 0.479. The number of benzene rings is 3. The maximum Gasteiger partial charge on any atom is 0.157 e. The highest BCUT2D eigenvalue weighted by molar-refractivity contribution is 5.85. The highest BCUT2D eigenvalue weighted by Gasteiger charge is 2.24. The van der Waals surface area contributed by atoms with Gasteiger partial charge in [0.2, 0.25) is 0 Å². The van der Waals surface area contributed by atoms with E-state index in [-0.39, 0.29) is 5.41 Å². The molecule has 0 spiro atoms. The molecular weight excluding hydrogens is 348 g/mol. The SMILES string of the molecule is CC(C)(C)c1ccc(OCc2ccccc2)c(C=O)c1OCc1ccccc1. The molecule has 3 heteroatoms. The van der Waals surface area contributed by atoms with Crippen molar-refractivity contribution in [2.24, 2.45) is 0 Å². The summed E-state index contributed by atoms with van der Waals surface area (Å²) in [7, 11) is 0. The first kappa shape index (κ1) is 19.7. The minimum atomic E-state index is -0.165. The third kappa shape index (κ3) is 4.80. The van der Waals surface area contributed by atoms with Gasteiger partial charge < -0.3 is 9.47 Å². The van der Waals surface area contributed by atoms with Gasteiger partial charge in [0.15, 0.2) is 6.29 Å². The minimum Gasteiger partial charge on any atom is -0.488 e. The first-order chi connectivity index (χ1) is 13.5. The number of carbonyl (C=O) groups is 1. The molecule has 3 nitrogen and oxygen atoms in total. The van der Waals surface area contributed by atoms with Crippen molar-refractivity contribution in [1.82, 2.24) is 0 Å². The third-order valence-corrected chi connectivity index (χ3v) is 4.55. The second kappa shape index (κ2) is 8.75. The maximum absolute atomic E-state index is 12.0. The van der Waals surface area contributed by atoms with Crippen molar-refractivity contribution in [3.63, 3.8) is 0 Å². The topological polar surface area (TPSA) is 35.5 Å². The van der Waals surface area contributed by atoms with Crippen molar-refractivity contribution in [3.8, 4) is 11.5 Å². The van der Waals surface area contributed by atoms with E-state index in [9.17, 15) is 4.79 Å². The molecule has 3 aromatic carbocycles.